The van der Waals surface area contributed by atoms with Gasteiger partial charge in [0.25, 0.3) is 0 Å². The summed E-state index contributed by atoms with van der Waals surface area (Å²) in [5.74, 6) is -1.26. The van der Waals surface area contributed by atoms with Crippen LogP contribution in [0, 0.1) is 6.92 Å². The van der Waals surface area contributed by atoms with Gasteiger partial charge in [-0.3, -0.25) is 4.79 Å². The lowest BCUT2D eigenvalue weighted by Gasteiger charge is -2.09. The average molecular weight is 253 g/mol. The van der Waals surface area contributed by atoms with Crippen molar-refractivity contribution in [2.75, 3.05) is 0 Å². The van der Waals surface area contributed by atoms with Crippen LogP contribution >= 0.6 is 11.6 Å². The van der Waals surface area contributed by atoms with Crippen molar-refractivity contribution < 1.29 is 14.7 Å². The Bertz CT molecular complexity index is 476. The van der Waals surface area contributed by atoms with Crippen molar-refractivity contribution in [3.63, 3.8) is 0 Å². The number of carboxylic acids is 1. The van der Waals surface area contributed by atoms with Crippen LogP contribution in [0.5, 0.6) is 0 Å². The third kappa shape index (κ3) is 3.43. The number of carboxylic acid groups (broad SMARTS) is 1. The summed E-state index contributed by atoms with van der Waals surface area (Å²) in [7, 11) is 0. The van der Waals surface area contributed by atoms with Gasteiger partial charge >= 0.3 is 5.97 Å². The van der Waals surface area contributed by atoms with Gasteiger partial charge in [0, 0.05) is 11.6 Å². The molecular weight excluding hydrogens is 240 g/mol. The minimum Gasteiger partial charge on any atom is -0.478 e. The molecule has 0 radical (unpaired) electrons. The molecule has 90 valence electrons. The van der Waals surface area contributed by atoms with Crippen LogP contribution in [0.4, 0.5) is 0 Å². The molecule has 0 aliphatic heterocycles. The number of ketones is 1. The summed E-state index contributed by atoms with van der Waals surface area (Å²) in [6, 6.07) is 5.22. The number of aryl methyl sites for hydroxylation is 1. The number of rotatable bonds is 4. The monoisotopic (exact) mass is 252 g/mol. The SMILES string of the molecule is Cc1cccc(C(=O)C(C)Cl)c1/C=C/C(=O)O. The van der Waals surface area contributed by atoms with Crippen molar-refractivity contribution in [2.24, 2.45) is 0 Å². The lowest BCUT2D eigenvalue weighted by Crippen LogP contribution is -2.12. The molecule has 1 aromatic rings. The topological polar surface area (TPSA) is 54.4 Å². The third-order valence-electron chi connectivity index (χ3n) is 2.34. The van der Waals surface area contributed by atoms with E-state index in [2.05, 4.69) is 0 Å². The molecule has 3 nitrogen and oxygen atoms in total. The van der Waals surface area contributed by atoms with Crippen LogP contribution in [-0.4, -0.2) is 22.2 Å². The average Bonchev–Trinajstić information content (AvgIpc) is 2.25. The van der Waals surface area contributed by atoms with Gasteiger partial charge in [0.15, 0.2) is 5.78 Å². The van der Waals surface area contributed by atoms with Crippen LogP contribution in [0.15, 0.2) is 24.3 Å². The van der Waals surface area contributed by atoms with Crippen molar-refractivity contribution >= 4 is 29.4 Å². The number of alkyl halides is 1. The molecule has 4 heteroatoms. The molecule has 1 N–H and O–H groups in total. The normalized spacial score (nSPS) is 12.6. The van der Waals surface area contributed by atoms with E-state index >= 15 is 0 Å². The van der Waals surface area contributed by atoms with Gasteiger partial charge in [0.2, 0.25) is 0 Å². The molecule has 0 amide bonds. The fraction of sp³-hybridized carbons (Fsp3) is 0.231. The zero-order chi connectivity index (χ0) is 13.0. The zero-order valence-corrected chi connectivity index (χ0v) is 10.4. The second kappa shape index (κ2) is 5.64. The number of halogens is 1. The predicted octanol–water partition coefficient (Wildman–Crippen LogP) is 2.90. The van der Waals surface area contributed by atoms with Gasteiger partial charge in [0.05, 0.1) is 5.38 Å². The Morgan fingerprint density at radius 3 is 2.59 bits per heavy atom. The summed E-state index contributed by atoms with van der Waals surface area (Å²) in [4.78, 5) is 22.4. The molecule has 0 saturated heterocycles. The number of carbonyl (C=O) groups is 2. The molecule has 1 rings (SSSR count). The maximum absolute atomic E-state index is 11.8. The summed E-state index contributed by atoms with van der Waals surface area (Å²) >= 11 is 5.76. The summed E-state index contributed by atoms with van der Waals surface area (Å²) < 4.78 is 0. The van der Waals surface area contributed by atoms with E-state index < -0.39 is 11.3 Å². The zero-order valence-electron chi connectivity index (χ0n) is 9.61. The van der Waals surface area contributed by atoms with E-state index in [1.165, 1.54) is 6.08 Å². The Hall–Kier alpha value is -1.61. The van der Waals surface area contributed by atoms with Crippen molar-refractivity contribution in [1.82, 2.24) is 0 Å². The molecule has 1 atom stereocenters. The highest BCUT2D eigenvalue weighted by molar-refractivity contribution is 6.34. The largest absolute Gasteiger partial charge is 0.478 e. The Kier molecular flexibility index (Phi) is 4.46. The van der Waals surface area contributed by atoms with Gasteiger partial charge in [-0.25, -0.2) is 4.79 Å². The van der Waals surface area contributed by atoms with Crippen LogP contribution in [0.3, 0.4) is 0 Å². The quantitative estimate of drug-likeness (QED) is 0.509. The van der Waals surface area contributed by atoms with Crippen LogP contribution in [0.1, 0.15) is 28.4 Å². The van der Waals surface area contributed by atoms with E-state index in [9.17, 15) is 9.59 Å². The van der Waals surface area contributed by atoms with E-state index in [0.717, 1.165) is 11.6 Å². The molecule has 0 aliphatic carbocycles. The summed E-state index contributed by atoms with van der Waals surface area (Å²) in [5.41, 5.74) is 1.89. The first-order chi connectivity index (χ1) is 7.93. The highest BCUT2D eigenvalue weighted by Crippen LogP contribution is 2.19. The van der Waals surface area contributed by atoms with Crippen LogP contribution in [0.2, 0.25) is 0 Å². The van der Waals surface area contributed by atoms with Gasteiger partial charge in [0.1, 0.15) is 0 Å². The number of hydrogen-bond donors (Lipinski definition) is 1. The molecule has 0 aromatic heterocycles. The standard InChI is InChI=1S/C13H13ClO3/c1-8-4-3-5-11(13(17)9(2)14)10(8)6-7-12(15)16/h3-7,9H,1-2H3,(H,15,16)/b7-6+. The molecule has 0 spiro atoms. The fourth-order valence-electron chi connectivity index (χ4n) is 1.49. The highest BCUT2D eigenvalue weighted by Gasteiger charge is 2.16. The first-order valence-corrected chi connectivity index (χ1v) is 5.56. The minimum absolute atomic E-state index is 0.208. The summed E-state index contributed by atoms with van der Waals surface area (Å²) in [5, 5.41) is 7.98. The lowest BCUT2D eigenvalue weighted by atomic mass is 9.97. The van der Waals surface area contributed by atoms with Gasteiger partial charge in [-0.15, -0.1) is 11.6 Å². The summed E-state index contributed by atoms with van der Waals surface area (Å²) in [6.07, 6.45) is 2.43. The first kappa shape index (κ1) is 13.5. The number of aliphatic carboxylic acids is 1. The predicted molar refractivity (Wildman–Crippen MR) is 67.5 cm³/mol. The smallest absolute Gasteiger partial charge is 0.328 e. The third-order valence-corrected chi connectivity index (χ3v) is 2.54. The van der Waals surface area contributed by atoms with E-state index in [1.54, 1.807) is 19.1 Å². The molecule has 0 saturated carbocycles. The van der Waals surface area contributed by atoms with Crippen LogP contribution in [-0.2, 0) is 4.79 Å². The first-order valence-electron chi connectivity index (χ1n) is 5.12. The van der Waals surface area contributed by atoms with Gasteiger partial charge in [-0.2, -0.15) is 0 Å². The van der Waals surface area contributed by atoms with Crippen molar-refractivity contribution in [2.45, 2.75) is 19.2 Å². The minimum atomic E-state index is -1.05. The molecule has 17 heavy (non-hydrogen) atoms. The van der Waals surface area contributed by atoms with E-state index in [1.807, 2.05) is 13.0 Å². The maximum Gasteiger partial charge on any atom is 0.328 e. The number of Topliss-reactive ketones (excluding diaryl/α,β-unsaturated/α-hetero) is 1. The Labute approximate surface area is 105 Å². The van der Waals surface area contributed by atoms with Crippen LogP contribution < -0.4 is 0 Å². The van der Waals surface area contributed by atoms with Gasteiger partial charge in [-0.05, 0) is 31.1 Å². The molecule has 1 aromatic carbocycles. The molecule has 0 fully saturated rings. The van der Waals surface area contributed by atoms with E-state index in [0.29, 0.717) is 11.1 Å². The van der Waals surface area contributed by atoms with Gasteiger partial charge in [-0.1, -0.05) is 18.2 Å². The van der Waals surface area contributed by atoms with Gasteiger partial charge < -0.3 is 5.11 Å². The second-order valence-electron chi connectivity index (χ2n) is 3.69. The highest BCUT2D eigenvalue weighted by atomic mass is 35.5. The molecule has 0 bridgehead atoms. The van der Waals surface area contributed by atoms with E-state index in [4.69, 9.17) is 16.7 Å². The van der Waals surface area contributed by atoms with Crippen molar-refractivity contribution in [3.05, 3.63) is 41.0 Å². The Balaban J connectivity index is 3.26. The van der Waals surface area contributed by atoms with E-state index in [-0.39, 0.29) is 5.78 Å². The number of hydrogen-bond acceptors (Lipinski definition) is 2. The number of carbonyl (C=O) groups excluding carboxylic acids is 1. The second-order valence-corrected chi connectivity index (χ2v) is 4.34. The fourth-order valence-corrected chi connectivity index (χ4v) is 1.60. The lowest BCUT2D eigenvalue weighted by molar-refractivity contribution is -0.131. The Morgan fingerprint density at radius 2 is 2.06 bits per heavy atom. The number of benzene rings is 1. The Morgan fingerprint density at radius 1 is 1.41 bits per heavy atom. The maximum atomic E-state index is 11.8. The molecule has 0 heterocycles. The van der Waals surface area contributed by atoms with Crippen molar-refractivity contribution in [1.29, 1.82) is 0 Å². The van der Waals surface area contributed by atoms with Crippen molar-refractivity contribution in [3.8, 4) is 0 Å². The summed E-state index contributed by atoms with van der Waals surface area (Å²) in [6.45, 7) is 3.41. The van der Waals surface area contributed by atoms with Crippen LogP contribution in [0.25, 0.3) is 6.08 Å². The molecular formula is C13H13ClO3. The molecule has 0 aliphatic rings. The molecule has 1 unspecified atom stereocenters.